The Bertz CT molecular complexity index is 537. The normalized spacial score (nSPS) is 10.1. The third kappa shape index (κ3) is 2.84. The number of methoxy groups -OCH3 is 1. The van der Waals surface area contributed by atoms with Crippen LogP contribution in [0.4, 0.5) is 5.69 Å². The Morgan fingerprint density at radius 1 is 1.44 bits per heavy atom. The van der Waals surface area contributed by atoms with Crippen molar-refractivity contribution in [3.8, 4) is 0 Å². The summed E-state index contributed by atoms with van der Waals surface area (Å²) >= 11 is 6.04. The lowest BCUT2D eigenvalue weighted by Crippen LogP contribution is -2.04. The van der Waals surface area contributed by atoms with E-state index in [0.717, 1.165) is 5.76 Å². The van der Waals surface area contributed by atoms with Gasteiger partial charge in [0.25, 0.3) is 0 Å². The van der Waals surface area contributed by atoms with Crippen molar-refractivity contribution in [1.82, 2.24) is 0 Å². The number of ether oxygens (including phenoxy) is 1. The molecule has 2 rings (SSSR count). The number of anilines is 1. The van der Waals surface area contributed by atoms with Crippen molar-refractivity contribution in [3.63, 3.8) is 0 Å². The first-order valence-electron chi connectivity index (χ1n) is 5.35. The summed E-state index contributed by atoms with van der Waals surface area (Å²) in [4.78, 5) is 11.4. The molecule has 0 amide bonds. The fourth-order valence-electron chi connectivity index (χ4n) is 1.50. The maximum absolute atomic E-state index is 11.4. The predicted octanol–water partition coefficient (Wildman–Crippen LogP) is 3.33. The lowest BCUT2D eigenvalue weighted by Gasteiger charge is -2.08. The molecule has 0 aliphatic carbocycles. The van der Waals surface area contributed by atoms with Gasteiger partial charge in [0.15, 0.2) is 0 Å². The van der Waals surface area contributed by atoms with Gasteiger partial charge in [0.05, 0.1) is 36.2 Å². The molecule has 1 N–H and O–H groups in total. The summed E-state index contributed by atoms with van der Waals surface area (Å²) in [5.41, 5.74) is 1.11. The van der Waals surface area contributed by atoms with Gasteiger partial charge in [0.1, 0.15) is 5.76 Å². The lowest BCUT2D eigenvalue weighted by atomic mass is 10.2. The average Bonchev–Trinajstić information content (AvgIpc) is 2.90. The van der Waals surface area contributed by atoms with Crippen molar-refractivity contribution in [2.75, 3.05) is 12.4 Å². The number of esters is 1. The summed E-state index contributed by atoms with van der Waals surface area (Å²) in [6.45, 7) is 0.497. The molecule has 0 spiro atoms. The maximum atomic E-state index is 11.4. The van der Waals surface area contributed by atoms with Gasteiger partial charge in [-0.3, -0.25) is 0 Å². The third-order valence-electron chi connectivity index (χ3n) is 2.42. The molecule has 0 radical (unpaired) electrons. The summed E-state index contributed by atoms with van der Waals surface area (Å²) in [5.74, 6) is 0.391. The number of carbonyl (C=O) groups is 1. The van der Waals surface area contributed by atoms with Crippen LogP contribution in [0.25, 0.3) is 0 Å². The van der Waals surface area contributed by atoms with Crippen LogP contribution in [0.2, 0.25) is 5.02 Å². The Balaban J connectivity index is 2.13. The molecule has 0 bridgehead atoms. The Kier molecular flexibility index (Phi) is 3.89. The minimum Gasteiger partial charge on any atom is -0.467 e. The smallest absolute Gasteiger partial charge is 0.337 e. The highest BCUT2D eigenvalue weighted by atomic mass is 35.5. The third-order valence-corrected chi connectivity index (χ3v) is 2.75. The van der Waals surface area contributed by atoms with Crippen LogP contribution in [0.15, 0.2) is 41.0 Å². The van der Waals surface area contributed by atoms with E-state index < -0.39 is 5.97 Å². The molecular formula is C13H12ClNO3. The number of hydrogen-bond acceptors (Lipinski definition) is 4. The van der Waals surface area contributed by atoms with Crippen molar-refractivity contribution in [3.05, 3.63) is 52.9 Å². The van der Waals surface area contributed by atoms with Gasteiger partial charge in [-0.2, -0.15) is 0 Å². The van der Waals surface area contributed by atoms with E-state index in [0.29, 0.717) is 22.8 Å². The molecule has 0 unspecified atom stereocenters. The quantitative estimate of drug-likeness (QED) is 0.862. The molecule has 5 heteroatoms. The highest BCUT2D eigenvalue weighted by Gasteiger charge is 2.09. The molecule has 94 valence electrons. The fraction of sp³-hybridized carbons (Fsp3) is 0.154. The number of furan rings is 1. The van der Waals surface area contributed by atoms with E-state index >= 15 is 0 Å². The predicted molar refractivity (Wildman–Crippen MR) is 68.8 cm³/mol. The number of benzene rings is 1. The van der Waals surface area contributed by atoms with Crippen molar-refractivity contribution < 1.29 is 13.9 Å². The molecule has 0 saturated carbocycles. The van der Waals surface area contributed by atoms with Crippen LogP contribution >= 0.6 is 11.6 Å². The summed E-state index contributed by atoms with van der Waals surface area (Å²) < 4.78 is 9.85. The standard InChI is InChI=1S/C13H12ClNO3/c1-17-13(16)9-4-5-11(14)12(7-9)15-8-10-3-2-6-18-10/h2-7,15H,8H2,1H3. The molecule has 1 aromatic carbocycles. The van der Waals surface area contributed by atoms with E-state index in [1.165, 1.54) is 7.11 Å². The van der Waals surface area contributed by atoms with Crippen molar-refractivity contribution in [1.29, 1.82) is 0 Å². The second-order valence-electron chi connectivity index (χ2n) is 3.62. The van der Waals surface area contributed by atoms with Crippen LogP contribution in [-0.2, 0) is 11.3 Å². The molecular weight excluding hydrogens is 254 g/mol. The molecule has 2 aromatic rings. The molecule has 0 aliphatic rings. The van der Waals surface area contributed by atoms with E-state index in [4.69, 9.17) is 16.0 Å². The first-order chi connectivity index (χ1) is 8.70. The second kappa shape index (κ2) is 5.60. The Hall–Kier alpha value is -1.94. The Morgan fingerprint density at radius 2 is 2.28 bits per heavy atom. The zero-order chi connectivity index (χ0) is 13.0. The SMILES string of the molecule is COC(=O)c1ccc(Cl)c(NCc2ccco2)c1. The molecule has 0 fully saturated rings. The van der Waals surface area contributed by atoms with E-state index in [1.807, 2.05) is 12.1 Å². The molecule has 1 heterocycles. The van der Waals surface area contributed by atoms with Gasteiger partial charge < -0.3 is 14.5 Å². The van der Waals surface area contributed by atoms with Gasteiger partial charge in [-0.25, -0.2) is 4.79 Å². The molecule has 1 aromatic heterocycles. The molecule has 18 heavy (non-hydrogen) atoms. The molecule has 4 nitrogen and oxygen atoms in total. The molecule has 0 aliphatic heterocycles. The first-order valence-corrected chi connectivity index (χ1v) is 5.72. The van der Waals surface area contributed by atoms with E-state index in [1.54, 1.807) is 24.5 Å². The Labute approximate surface area is 110 Å². The first kappa shape index (κ1) is 12.5. The Morgan fingerprint density at radius 3 is 2.94 bits per heavy atom. The van der Waals surface area contributed by atoms with Gasteiger partial charge in [-0.15, -0.1) is 0 Å². The summed E-state index contributed by atoms with van der Waals surface area (Å²) in [6, 6.07) is 8.58. The highest BCUT2D eigenvalue weighted by Crippen LogP contribution is 2.24. The zero-order valence-corrected chi connectivity index (χ0v) is 10.5. The second-order valence-corrected chi connectivity index (χ2v) is 4.03. The summed E-state index contributed by atoms with van der Waals surface area (Å²) in [6.07, 6.45) is 1.60. The van der Waals surface area contributed by atoms with Gasteiger partial charge in [-0.05, 0) is 30.3 Å². The highest BCUT2D eigenvalue weighted by molar-refractivity contribution is 6.33. The van der Waals surface area contributed by atoms with Gasteiger partial charge in [0, 0.05) is 0 Å². The minimum atomic E-state index is -0.396. The number of nitrogens with one attached hydrogen (secondary N) is 1. The summed E-state index contributed by atoms with van der Waals surface area (Å²) in [5, 5.41) is 3.64. The lowest BCUT2D eigenvalue weighted by molar-refractivity contribution is 0.0601. The maximum Gasteiger partial charge on any atom is 0.337 e. The van der Waals surface area contributed by atoms with Crippen LogP contribution in [0.3, 0.4) is 0 Å². The van der Waals surface area contributed by atoms with Gasteiger partial charge >= 0.3 is 5.97 Å². The zero-order valence-electron chi connectivity index (χ0n) is 9.77. The number of halogens is 1. The number of hydrogen-bond donors (Lipinski definition) is 1. The average molecular weight is 266 g/mol. The van der Waals surface area contributed by atoms with Crippen LogP contribution < -0.4 is 5.32 Å². The minimum absolute atomic E-state index is 0.396. The van der Waals surface area contributed by atoms with Gasteiger partial charge in [0.2, 0.25) is 0 Å². The van der Waals surface area contributed by atoms with Crippen LogP contribution in [0.1, 0.15) is 16.1 Å². The topological polar surface area (TPSA) is 51.5 Å². The monoisotopic (exact) mass is 265 g/mol. The number of carbonyl (C=O) groups excluding carboxylic acids is 1. The van der Waals surface area contributed by atoms with Crippen LogP contribution in [0.5, 0.6) is 0 Å². The van der Waals surface area contributed by atoms with Crippen molar-refractivity contribution in [2.45, 2.75) is 6.54 Å². The van der Waals surface area contributed by atoms with Crippen LogP contribution in [-0.4, -0.2) is 13.1 Å². The summed E-state index contributed by atoms with van der Waals surface area (Å²) in [7, 11) is 1.34. The fourth-order valence-corrected chi connectivity index (χ4v) is 1.69. The van der Waals surface area contributed by atoms with E-state index in [9.17, 15) is 4.79 Å². The van der Waals surface area contributed by atoms with E-state index in [-0.39, 0.29) is 0 Å². The van der Waals surface area contributed by atoms with Crippen molar-refractivity contribution in [2.24, 2.45) is 0 Å². The largest absolute Gasteiger partial charge is 0.467 e. The van der Waals surface area contributed by atoms with Crippen LogP contribution in [0, 0.1) is 0 Å². The van der Waals surface area contributed by atoms with Crippen molar-refractivity contribution >= 4 is 23.3 Å². The molecule has 0 saturated heterocycles. The number of rotatable bonds is 4. The molecule has 0 atom stereocenters. The van der Waals surface area contributed by atoms with E-state index in [2.05, 4.69) is 10.1 Å². The van der Waals surface area contributed by atoms with Gasteiger partial charge in [-0.1, -0.05) is 11.6 Å².